The van der Waals surface area contributed by atoms with E-state index in [1.807, 2.05) is 24.3 Å². The zero-order chi connectivity index (χ0) is 12.3. The highest BCUT2D eigenvalue weighted by atomic mass is 79.9. The van der Waals surface area contributed by atoms with Crippen molar-refractivity contribution in [2.45, 2.75) is 13.3 Å². The molecule has 2 N–H and O–H groups in total. The van der Waals surface area contributed by atoms with Gasteiger partial charge in [-0.15, -0.1) is 0 Å². The Bertz CT molecular complexity index is 511. The molecule has 0 saturated carbocycles. The number of rotatable bonds is 3. The molecule has 0 spiro atoms. The third-order valence-corrected chi connectivity index (χ3v) is 2.87. The summed E-state index contributed by atoms with van der Waals surface area (Å²) in [6.07, 6.45) is 2.65. The largest absolute Gasteiger partial charge is 0.437 e. The van der Waals surface area contributed by atoms with Crippen molar-refractivity contribution in [3.05, 3.63) is 46.6 Å². The second kappa shape index (κ2) is 5.19. The maximum atomic E-state index is 5.91. The molecule has 0 aliphatic rings. The number of nitrogens with two attached hydrogens (primary N) is 1. The predicted molar refractivity (Wildman–Crippen MR) is 72.2 cm³/mol. The highest BCUT2D eigenvalue weighted by molar-refractivity contribution is 9.10. The van der Waals surface area contributed by atoms with E-state index < -0.39 is 0 Å². The van der Waals surface area contributed by atoms with Gasteiger partial charge in [-0.2, -0.15) is 0 Å². The van der Waals surface area contributed by atoms with E-state index in [0.29, 0.717) is 17.3 Å². The summed E-state index contributed by atoms with van der Waals surface area (Å²) in [5.41, 5.74) is 7.74. The first-order chi connectivity index (χ1) is 8.19. The fourth-order valence-electron chi connectivity index (χ4n) is 1.45. The Kier molecular flexibility index (Phi) is 3.64. The molecule has 0 fully saturated rings. The van der Waals surface area contributed by atoms with E-state index in [4.69, 9.17) is 10.5 Å². The van der Waals surface area contributed by atoms with Crippen molar-refractivity contribution in [3.8, 4) is 11.6 Å². The van der Waals surface area contributed by atoms with Crippen LogP contribution in [0.2, 0.25) is 0 Å². The Morgan fingerprint density at radius 1 is 1.29 bits per heavy atom. The summed E-state index contributed by atoms with van der Waals surface area (Å²) in [4.78, 5) is 4.13. The minimum Gasteiger partial charge on any atom is -0.437 e. The summed E-state index contributed by atoms with van der Waals surface area (Å²) in [5.74, 6) is 1.17. The molecule has 0 radical (unpaired) electrons. The molecule has 0 bridgehead atoms. The molecule has 0 aliphatic heterocycles. The van der Waals surface area contributed by atoms with Crippen LogP contribution in [-0.2, 0) is 6.42 Å². The van der Waals surface area contributed by atoms with Gasteiger partial charge in [-0.1, -0.05) is 13.0 Å². The maximum absolute atomic E-state index is 5.91. The summed E-state index contributed by atoms with van der Waals surface area (Å²) in [7, 11) is 0. The molecule has 0 amide bonds. The zero-order valence-electron chi connectivity index (χ0n) is 9.48. The van der Waals surface area contributed by atoms with Crippen LogP contribution in [0.4, 0.5) is 5.69 Å². The van der Waals surface area contributed by atoms with Gasteiger partial charge in [-0.3, -0.25) is 0 Å². The van der Waals surface area contributed by atoms with E-state index in [0.717, 1.165) is 10.9 Å². The second-order valence-electron chi connectivity index (χ2n) is 3.64. The van der Waals surface area contributed by atoms with Gasteiger partial charge in [0.15, 0.2) is 5.75 Å². The van der Waals surface area contributed by atoms with Crippen LogP contribution in [0.15, 0.2) is 41.0 Å². The highest BCUT2D eigenvalue weighted by Gasteiger charge is 2.03. The van der Waals surface area contributed by atoms with Crippen molar-refractivity contribution in [1.82, 2.24) is 4.98 Å². The number of aryl methyl sites for hydroxylation is 1. The number of aromatic nitrogens is 1. The number of pyridine rings is 1. The average molecular weight is 293 g/mol. The van der Waals surface area contributed by atoms with Crippen LogP contribution in [0, 0.1) is 0 Å². The van der Waals surface area contributed by atoms with Crippen molar-refractivity contribution >= 4 is 21.6 Å². The number of ether oxygens (including phenoxy) is 1. The van der Waals surface area contributed by atoms with Crippen molar-refractivity contribution in [2.24, 2.45) is 0 Å². The summed E-state index contributed by atoms with van der Waals surface area (Å²) in [6, 6.07) is 9.47. The van der Waals surface area contributed by atoms with Gasteiger partial charge in [-0.25, -0.2) is 4.98 Å². The lowest BCUT2D eigenvalue weighted by atomic mass is 10.1. The molecule has 1 aromatic heterocycles. The van der Waals surface area contributed by atoms with Gasteiger partial charge in [0.1, 0.15) is 0 Å². The molecule has 17 heavy (non-hydrogen) atoms. The standard InChI is InChI=1S/C13H13BrN2O/c1-2-9-3-5-12(11(15)7-9)17-13-6-4-10(14)8-16-13/h3-8H,2,15H2,1H3. The van der Waals surface area contributed by atoms with Crippen LogP contribution >= 0.6 is 15.9 Å². The molecule has 1 heterocycles. The molecule has 0 saturated heterocycles. The number of nitrogen functional groups attached to an aromatic ring is 1. The van der Waals surface area contributed by atoms with Crippen LogP contribution in [-0.4, -0.2) is 4.98 Å². The van der Waals surface area contributed by atoms with E-state index in [9.17, 15) is 0 Å². The second-order valence-corrected chi connectivity index (χ2v) is 4.56. The quantitative estimate of drug-likeness (QED) is 0.876. The number of benzene rings is 1. The van der Waals surface area contributed by atoms with Crippen LogP contribution in [0.5, 0.6) is 11.6 Å². The molecule has 2 rings (SSSR count). The molecule has 3 nitrogen and oxygen atoms in total. The first-order valence-electron chi connectivity index (χ1n) is 5.37. The molecule has 0 aliphatic carbocycles. The zero-order valence-corrected chi connectivity index (χ0v) is 11.1. The fraction of sp³-hybridized carbons (Fsp3) is 0.154. The Balaban J connectivity index is 2.21. The third kappa shape index (κ3) is 2.97. The minimum absolute atomic E-state index is 0.532. The van der Waals surface area contributed by atoms with E-state index in [1.54, 1.807) is 12.3 Å². The van der Waals surface area contributed by atoms with Gasteiger partial charge in [0.2, 0.25) is 5.88 Å². The molecule has 4 heteroatoms. The van der Waals surface area contributed by atoms with Crippen LogP contribution in [0.3, 0.4) is 0 Å². The smallest absolute Gasteiger partial charge is 0.219 e. The summed E-state index contributed by atoms with van der Waals surface area (Å²) >= 11 is 3.32. The highest BCUT2D eigenvalue weighted by Crippen LogP contribution is 2.27. The maximum Gasteiger partial charge on any atom is 0.219 e. The molecule has 1 aromatic carbocycles. The number of halogens is 1. The van der Waals surface area contributed by atoms with Crippen LogP contribution < -0.4 is 10.5 Å². The van der Waals surface area contributed by atoms with Gasteiger partial charge < -0.3 is 10.5 Å². The lowest BCUT2D eigenvalue weighted by Gasteiger charge is -2.08. The van der Waals surface area contributed by atoms with Crippen molar-refractivity contribution in [1.29, 1.82) is 0 Å². The first-order valence-corrected chi connectivity index (χ1v) is 6.16. The Hall–Kier alpha value is -1.55. The lowest BCUT2D eigenvalue weighted by molar-refractivity contribution is 0.465. The molecular formula is C13H13BrN2O. The molecule has 88 valence electrons. The number of hydrogen-bond donors (Lipinski definition) is 1. The number of hydrogen-bond acceptors (Lipinski definition) is 3. The van der Waals surface area contributed by atoms with E-state index in [2.05, 4.69) is 27.8 Å². The predicted octanol–water partition coefficient (Wildman–Crippen LogP) is 3.78. The lowest BCUT2D eigenvalue weighted by Crippen LogP contribution is -1.94. The van der Waals surface area contributed by atoms with Gasteiger partial charge in [0, 0.05) is 16.7 Å². The number of nitrogens with zero attached hydrogens (tertiary/aromatic N) is 1. The Morgan fingerprint density at radius 3 is 2.71 bits per heavy atom. The van der Waals surface area contributed by atoms with Crippen LogP contribution in [0.1, 0.15) is 12.5 Å². The van der Waals surface area contributed by atoms with Gasteiger partial charge >= 0.3 is 0 Å². The topological polar surface area (TPSA) is 48.1 Å². The summed E-state index contributed by atoms with van der Waals surface area (Å²) < 4.78 is 6.52. The number of anilines is 1. The summed E-state index contributed by atoms with van der Waals surface area (Å²) in [6.45, 7) is 2.09. The average Bonchev–Trinajstić information content (AvgIpc) is 2.34. The Labute approximate surface area is 109 Å². The Morgan fingerprint density at radius 2 is 2.12 bits per heavy atom. The first kappa shape index (κ1) is 11.9. The van der Waals surface area contributed by atoms with Gasteiger partial charge in [0.05, 0.1) is 5.69 Å². The normalized spacial score (nSPS) is 10.2. The molecule has 2 aromatic rings. The van der Waals surface area contributed by atoms with E-state index in [1.165, 1.54) is 5.56 Å². The minimum atomic E-state index is 0.532. The van der Waals surface area contributed by atoms with Gasteiger partial charge in [0.25, 0.3) is 0 Å². The SMILES string of the molecule is CCc1ccc(Oc2ccc(Br)cn2)c(N)c1. The van der Waals surface area contributed by atoms with Crippen molar-refractivity contribution in [3.63, 3.8) is 0 Å². The monoisotopic (exact) mass is 292 g/mol. The van der Waals surface area contributed by atoms with Crippen LogP contribution in [0.25, 0.3) is 0 Å². The van der Waals surface area contributed by atoms with E-state index in [-0.39, 0.29) is 0 Å². The van der Waals surface area contributed by atoms with Crippen molar-refractivity contribution in [2.75, 3.05) is 5.73 Å². The fourth-order valence-corrected chi connectivity index (χ4v) is 1.68. The molecular weight excluding hydrogens is 280 g/mol. The van der Waals surface area contributed by atoms with Gasteiger partial charge in [-0.05, 0) is 46.1 Å². The van der Waals surface area contributed by atoms with Crippen molar-refractivity contribution < 1.29 is 4.74 Å². The molecule has 0 unspecified atom stereocenters. The summed E-state index contributed by atoms with van der Waals surface area (Å²) in [5, 5.41) is 0. The molecule has 0 atom stereocenters. The van der Waals surface area contributed by atoms with E-state index >= 15 is 0 Å². The third-order valence-electron chi connectivity index (χ3n) is 2.40.